The van der Waals surface area contributed by atoms with E-state index in [1.807, 2.05) is 13.8 Å². The fraction of sp³-hybridized carbons (Fsp3) is 0.333. The first kappa shape index (κ1) is 23.8. The Labute approximate surface area is 190 Å². The average Bonchev–Trinajstić information content (AvgIpc) is 3.18. The highest BCUT2D eigenvalue weighted by atomic mass is 32.2. The zero-order chi connectivity index (χ0) is 23.5. The molecular weight excluding hydrogens is 452 g/mol. The number of nitrogens with zero attached hydrogens (tertiary/aromatic N) is 4. The number of benzene rings is 2. The molecule has 0 N–H and O–H groups in total. The van der Waals surface area contributed by atoms with Gasteiger partial charge in [-0.05, 0) is 31.3 Å². The molecule has 3 aromatic rings. The summed E-state index contributed by atoms with van der Waals surface area (Å²) >= 11 is 1.16. The molecule has 0 radical (unpaired) electrons. The second-order valence-electron chi connectivity index (χ2n) is 7.16. The van der Waals surface area contributed by atoms with Crippen LogP contribution in [0.5, 0.6) is 0 Å². The Hall–Kier alpha value is -2.89. The Kier molecular flexibility index (Phi) is 7.22. The molecular formula is C21H24N4O5S2. The second-order valence-corrected chi connectivity index (χ2v) is 10.2. The van der Waals surface area contributed by atoms with E-state index in [-0.39, 0.29) is 16.1 Å². The number of fused-ring (bicyclic) bond motifs is 1. The summed E-state index contributed by atoms with van der Waals surface area (Å²) in [5.41, 5.74) is 0.545. The van der Waals surface area contributed by atoms with Crippen LogP contribution in [0.3, 0.4) is 0 Å². The molecule has 0 aliphatic rings. The Morgan fingerprint density at radius 3 is 2.44 bits per heavy atom. The predicted octanol–water partition coefficient (Wildman–Crippen LogP) is 3.60. The molecule has 0 bridgehead atoms. The van der Waals surface area contributed by atoms with Gasteiger partial charge in [-0.1, -0.05) is 37.3 Å². The molecule has 0 saturated heterocycles. The summed E-state index contributed by atoms with van der Waals surface area (Å²) in [6.07, 6.45) is 1.07. The minimum atomic E-state index is -3.62. The van der Waals surface area contributed by atoms with Gasteiger partial charge in [-0.25, -0.2) is 13.4 Å². The molecule has 1 amide bonds. The van der Waals surface area contributed by atoms with Gasteiger partial charge in [0.25, 0.3) is 11.6 Å². The number of aromatic nitrogens is 1. The van der Waals surface area contributed by atoms with Crippen molar-refractivity contribution in [3.8, 4) is 0 Å². The highest BCUT2D eigenvalue weighted by molar-refractivity contribution is 7.90. The van der Waals surface area contributed by atoms with Gasteiger partial charge in [0, 0.05) is 31.5 Å². The minimum Gasteiger partial charge on any atom is -0.302 e. The second kappa shape index (κ2) is 9.72. The lowest BCUT2D eigenvalue weighted by Crippen LogP contribution is -2.39. The molecule has 32 heavy (non-hydrogen) atoms. The quantitative estimate of drug-likeness (QED) is 0.342. The van der Waals surface area contributed by atoms with Crippen molar-refractivity contribution in [2.75, 3.05) is 37.3 Å². The van der Waals surface area contributed by atoms with E-state index >= 15 is 0 Å². The van der Waals surface area contributed by atoms with Crippen molar-refractivity contribution in [1.82, 2.24) is 9.88 Å². The van der Waals surface area contributed by atoms with Gasteiger partial charge in [-0.15, -0.1) is 0 Å². The lowest BCUT2D eigenvalue weighted by molar-refractivity contribution is -0.384. The molecule has 11 heteroatoms. The van der Waals surface area contributed by atoms with Gasteiger partial charge in [-0.2, -0.15) is 0 Å². The molecule has 0 saturated carbocycles. The van der Waals surface area contributed by atoms with Gasteiger partial charge in [0.2, 0.25) is 0 Å². The van der Waals surface area contributed by atoms with E-state index in [4.69, 9.17) is 0 Å². The molecule has 3 rings (SSSR count). The van der Waals surface area contributed by atoms with Gasteiger partial charge in [-0.3, -0.25) is 19.8 Å². The summed E-state index contributed by atoms with van der Waals surface area (Å²) in [6, 6.07) is 10.4. The number of nitro groups is 1. The number of hydrogen-bond donors (Lipinski definition) is 0. The van der Waals surface area contributed by atoms with Gasteiger partial charge in [0.1, 0.15) is 0 Å². The fourth-order valence-electron chi connectivity index (χ4n) is 3.31. The van der Waals surface area contributed by atoms with Crippen LogP contribution >= 0.6 is 11.3 Å². The normalized spacial score (nSPS) is 11.8. The Morgan fingerprint density at radius 1 is 1.12 bits per heavy atom. The van der Waals surface area contributed by atoms with E-state index < -0.39 is 20.7 Å². The van der Waals surface area contributed by atoms with Gasteiger partial charge in [0.05, 0.1) is 25.6 Å². The zero-order valence-corrected chi connectivity index (χ0v) is 19.6. The number of hydrogen-bond acceptors (Lipinski definition) is 8. The van der Waals surface area contributed by atoms with Gasteiger partial charge >= 0.3 is 0 Å². The Balaban J connectivity index is 2.08. The van der Waals surface area contributed by atoms with Crippen LogP contribution in [-0.4, -0.2) is 61.6 Å². The van der Waals surface area contributed by atoms with Crippen LogP contribution in [0.15, 0.2) is 47.4 Å². The smallest absolute Gasteiger partial charge is 0.270 e. The van der Waals surface area contributed by atoms with Crippen LogP contribution in [0.25, 0.3) is 10.2 Å². The third-order valence-electron chi connectivity index (χ3n) is 5.10. The summed E-state index contributed by atoms with van der Waals surface area (Å²) in [7, 11) is -3.62. The van der Waals surface area contributed by atoms with Crippen LogP contribution in [0.1, 0.15) is 24.2 Å². The third kappa shape index (κ3) is 5.12. The lowest BCUT2D eigenvalue weighted by atomic mass is 10.2. The number of sulfone groups is 1. The van der Waals surface area contributed by atoms with Crippen molar-refractivity contribution in [3.05, 3.63) is 58.1 Å². The van der Waals surface area contributed by atoms with Crippen molar-refractivity contribution in [2.24, 2.45) is 0 Å². The molecule has 9 nitrogen and oxygen atoms in total. The highest BCUT2D eigenvalue weighted by Gasteiger charge is 2.26. The standard InChI is InChI=1S/C21H24N4O5S2/c1-4-23(5-2)12-13-24(20(26)16-8-6-7-9-19(16)32(3,29)30)21-22-17-11-10-15(25(27)28)14-18(17)31-21/h6-11,14H,4-5,12-13H2,1-3H3. The molecule has 0 aliphatic heterocycles. The SMILES string of the molecule is CCN(CC)CCN(C(=O)c1ccccc1S(C)(=O)=O)c1nc2ccc([N+](=O)[O-])cc2s1. The first-order chi connectivity index (χ1) is 15.2. The number of nitro benzene ring substituents is 1. The number of likely N-dealkylation sites (N-methyl/N-ethyl adjacent to an activating group) is 1. The molecule has 0 atom stereocenters. The number of thiazole rings is 1. The molecule has 0 fully saturated rings. The minimum absolute atomic E-state index is 0.0467. The molecule has 1 heterocycles. The van der Waals surface area contributed by atoms with E-state index in [1.54, 1.807) is 18.2 Å². The monoisotopic (exact) mass is 476 g/mol. The average molecular weight is 477 g/mol. The van der Waals surface area contributed by atoms with Crippen molar-refractivity contribution < 1.29 is 18.1 Å². The molecule has 0 unspecified atom stereocenters. The molecule has 1 aromatic heterocycles. The third-order valence-corrected chi connectivity index (χ3v) is 7.29. The summed E-state index contributed by atoms with van der Waals surface area (Å²) in [5.74, 6) is -0.480. The van der Waals surface area contributed by atoms with Gasteiger partial charge < -0.3 is 4.90 Å². The summed E-state index contributed by atoms with van der Waals surface area (Å²) < 4.78 is 25.1. The Morgan fingerprint density at radius 2 is 1.81 bits per heavy atom. The number of carbonyl (C=O) groups is 1. The van der Waals surface area contributed by atoms with Crippen molar-refractivity contribution in [3.63, 3.8) is 0 Å². The van der Waals surface area contributed by atoms with Crippen LogP contribution in [0.4, 0.5) is 10.8 Å². The van der Waals surface area contributed by atoms with Crippen LogP contribution in [0.2, 0.25) is 0 Å². The first-order valence-corrected chi connectivity index (χ1v) is 12.7. The maximum atomic E-state index is 13.6. The molecule has 170 valence electrons. The fourth-order valence-corrected chi connectivity index (χ4v) is 5.21. The number of non-ortho nitro benzene ring substituents is 1. The largest absolute Gasteiger partial charge is 0.302 e. The van der Waals surface area contributed by atoms with E-state index in [0.717, 1.165) is 30.7 Å². The van der Waals surface area contributed by atoms with E-state index in [2.05, 4.69) is 9.88 Å². The van der Waals surface area contributed by atoms with Crippen LogP contribution < -0.4 is 4.90 Å². The maximum Gasteiger partial charge on any atom is 0.270 e. The van der Waals surface area contributed by atoms with Crippen molar-refractivity contribution in [2.45, 2.75) is 18.7 Å². The summed E-state index contributed by atoms with van der Waals surface area (Å²) in [5, 5.41) is 11.5. The summed E-state index contributed by atoms with van der Waals surface area (Å²) in [6.45, 7) is 6.49. The van der Waals surface area contributed by atoms with E-state index in [0.29, 0.717) is 28.4 Å². The first-order valence-electron chi connectivity index (χ1n) is 10.0. The van der Waals surface area contributed by atoms with Crippen LogP contribution in [0, 0.1) is 10.1 Å². The predicted molar refractivity (Wildman–Crippen MR) is 125 cm³/mol. The maximum absolute atomic E-state index is 13.6. The number of carbonyl (C=O) groups excluding carboxylic acids is 1. The Bertz CT molecular complexity index is 1250. The highest BCUT2D eigenvalue weighted by Crippen LogP contribution is 2.32. The van der Waals surface area contributed by atoms with E-state index in [9.17, 15) is 23.3 Å². The topological polar surface area (TPSA) is 114 Å². The van der Waals surface area contributed by atoms with Crippen molar-refractivity contribution >= 4 is 48.1 Å². The summed E-state index contributed by atoms with van der Waals surface area (Å²) in [4.78, 5) is 32.3. The van der Waals surface area contributed by atoms with E-state index in [1.165, 1.54) is 29.2 Å². The lowest BCUT2D eigenvalue weighted by Gasteiger charge is -2.25. The zero-order valence-electron chi connectivity index (χ0n) is 18.0. The number of anilines is 1. The number of rotatable bonds is 9. The van der Waals surface area contributed by atoms with Crippen molar-refractivity contribution in [1.29, 1.82) is 0 Å². The van der Waals surface area contributed by atoms with Gasteiger partial charge in [0.15, 0.2) is 15.0 Å². The van der Waals surface area contributed by atoms with Crippen LogP contribution in [-0.2, 0) is 9.84 Å². The molecule has 2 aromatic carbocycles. The number of amides is 1. The molecule has 0 spiro atoms. The molecule has 0 aliphatic carbocycles.